The average molecular weight is 384 g/mol. The minimum atomic E-state index is 0.287. The molecule has 4 atom stereocenters. The van der Waals surface area contributed by atoms with Crippen molar-refractivity contribution in [1.82, 2.24) is 0 Å². The first-order valence-corrected chi connectivity index (χ1v) is 11.2. The van der Waals surface area contributed by atoms with Crippen LogP contribution in [0.5, 0.6) is 0 Å². The van der Waals surface area contributed by atoms with E-state index in [1.54, 1.807) is 5.57 Å². The maximum absolute atomic E-state index is 5.83. The number of rotatable bonds is 11. The van der Waals surface area contributed by atoms with Crippen LogP contribution >= 0.6 is 0 Å². The smallest absolute Gasteiger partial charge is 0.00206 e. The molecule has 0 spiro atoms. The fourth-order valence-electron chi connectivity index (χ4n) is 4.35. The first-order valence-electron chi connectivity index (χ1n) is 11.2. The van der Waals surface area contributed by atoms with Crippen molar-refractivity contribution in [3.63, 3.8) is 0 Å². The first-order chi connectivity index (χ1) is 13.1. The molecule has 0 radical (unpaired) electrons. The Morgan fingerprint density at radius 2 is 1.89 bits per heavy atom. The molecule has 0 aromatic heterocycles. The van der Waals surface area contributed by atoms with Crippen LogP contribution in [-0.4, -0.2) is 6.04 Å². The minimum absolute atomic E-state index is 0.287. The van der Waals surface area contributed by atoms with E-state index in [-0.39, 0.29) is 5.41 Å². The zero-order valence-electron chi connectivity index (χ0n) is 19.4. The lowest BCUT2D eigenvalue weighted by atomic mass is 9.75. The molecule has 0 saturated heterocycles. The van der Waals surface area contributed by atoms with Crippen LogP contribution < -0.4 is 5.73 Å². The molecule has 0 fully saturated rings. The monoisotopic (exact) mass is 383 g/mol. The molecule has 2 N–H and O–H groups in total. The van der Waals surface area contributed by atoms with Crippen LogP contribution in [0.2, 0.25) is 0 Å². The van der Waals surface area contributed by atoms with Crippen molar-refractivity contribution in [2.24, 2.45) is 28.9 Å². The van der Waals surface area contributed by atoms with E-state index in [0.29, 0.717) is 23.8 Å². The predicted octanol–water partition coefficient (Wildman–Crippen LogP) is 7.77. The average Bonchev–Trinajstić information content (AvgIpc) is 2.97. The molecule has 1 rings (SSSR count). The molecule has 28 heavy (non-hydrogen) atoms. The Morgan fingerprint density at radius 1 is 1.21 bits per heavy atom. The third-order valence-corrected chi connectivity index (χ3v) is 6.16. The quantitative estimate of drug-likeness (QED) is 0.286. The molecule has 1 heteroatoms. The van der Waals surface area contributed by atoms with Gasteiger partial charge in [0.1, 0.15) is 0 Å². The van der Waals surface area contributed by atoms with Gasteiger partial charge >= 0.3 is 0 Å². The second kappa shape index (κ2) is 11.6. The summed E-state index contributed by atoms with van der Waals surface area (Å²) < 4.78 is 0. The number of allylic oxidation sites excluding steroid dienone is 8. The fourth-order valence-corrected chi connectivity index (χ4v) is 4.35. The molecule has 158 valence electrons. The summed E-state index contributed by atoms with van der Waals surface area (Å²) in [5.41, 5.74) is 10.6. The second-order valence-corrected chi connectivity index (χ2v) is 9.96. The summed E-state index contributed by atoms with van der Waals surface area (Å²) in [7, 11) is 0. The van der Waals surface area contributed by atoms with E-state index in [1.165, 1.54) is 30.4 Å². The lowest BCUT2D eigenvalue weighted by Crippen LogP contribution is -2.20. The topological polar surface area (TPSA) is 26.0 Å². The first kappa shape index (κ1) is 24.7. The van der Waals surface area contributed by atoms with Gasteiger partial charge in [0.15, 0.2) is 0 Å². The third-order valence-electron chi connectivity index (χ3n) is 6.16. The Balaban J connectivity index is 2.69. The molecule has 4 unspecified atom stereocenters. The zero-order valence-corrected chi connectivity index (χ0v) is 19.4. The summed E-state index contributed by atoms with van der Waals surface area (Å²) in [6, 6.07) is 0.321. The van der Waals surface area contributed by atoms with Crippen molar-refractivity contribution in [2.75, 3.05) is 0 Å². The highest BCUT2D eigenvalue weighted by Gasteiger charge is 2.37. The molecule has 0 saturated carbocycles. The normalized spacial score (nSPS) is 23.3. The van der Waals surface area contributed by atoms with Crippen molar-refractivity contribution >= 4 is 0 Å². The minimum Gasteiger partial charge on any atom is -0.328 e. The molecule has 0 aliphatic heterocycles. The lowest BCUT2D eigenvalue weighted by molar-refractivity contribution is 0.265. The van der Waals surface area contributed by atoms with Gasteiger partial charge in [-0.1, -0.05) is 82.2 Å². The molecule has 0 aromatic rings. The number of hydrogen-bond acceptors (Lipinski definition) is 1. The molecule has 0 amide bonds. The SMILES string of the molecule is C=CC1=C(CC/C(C)=C/C=C\C(C)CCCC(C)N)C(C(C)(C)C)CC1C=C. The summed E-state index contributed by atoms with van der Waals surface area (Å²) in [6.07, 6.45) is 18.1. The molecule has 1 aliphatic carbocycles. The predicted molar refractivity (Wildman–Crippen MR) is 127 cm³/mol. The van der Waals surface area contributed by atoms with E-state index in [0.717, 1.165) is 19.3 Å². The van der Waals surface area contributed by atoms with Gasteiger partial charge in [0.2, 0.25) is 0 Å². The molecule has 0 heterocycles. The van der Waals surface area contributed by atoms with Crippen LogP contribution in [0.1, 0.15) is 80.1 Å². The lowest BCUT2D eigenvalue weighted by Gasteiger charge is -2.30. The van der Waals surface area contributed by atoms with Gasteiger partial charge in [-0.3, -0.25) is 0 Å². The molecule has 1 nitrogen and oxygen atoms in total. The van der Waals surface area contributed by atoms with E-state index in [4.69, 9.17) is 5.73 Å². The zero-order chi connectivity index (χ0) is 21.3. The van der Waals surface area contributed by atoms with Gasteiger partial charge in [0, 0.05) is 12.0 Å². The van der Waals surface area contributed by atoms with Gasteiger partial charge in [0.25, 0.3) is 0 Å². The Labute approximate surface area is 175 Å². The van der Waals surface area contributed by atoms with E-state index >= 15 is 0 Å². The van der Waals surface area contributed by atoms with Gasteiger partial charge in [-0.05, 0) is 68.8 Å². The standard InChI is InChI=1S/C27H45N/c1-9-23-19-26(27(6,7)8)25(24(23)10-2)18-17-21(4)14-11-13-20(3)15-12-16-22(5)28/h9-11,13-14,20,22-23,26H,1-2,12,15-19,28H2,3-8H3/b13-11-,21-14+. The van der Waals surface area contributed by atoms with Crippen molar-refractivity contribution in [3.05, 3.63) is 60.3 Å². The fraction of sp³-hybridized carbons (Fsp3) is 0.630. The summed E-state index contributed by atoms with van der Waals surface area (Å²) in [5.74, 6) is 1.71. The van der Waals surface area contributed by atoms with Crippen LogP contribution in [0.4, 0.5) is 0 Å². The van der Waals surface area contributed by atoms with E-state index in [1.807, 2.05) is 0 Å². The summed E-state index contributed by atoms with van der Waals surface area (Å²) in [4.78, 5) is 0. The van der Waals surface area contributed by atoms with Gasteiger partial charge in [-0.2, -0.15) is 0 Å². The highest BCUT2D eigenvalue weighted by atomic mass is 14.6. The van der Waals surface area contributed by atoms with Crippen LogP contribution in [-0.2, 0) is 0 Å². The van der Waals surface area contributed by atoms with Crippen LogP contribution in [0.25, 0.3) is 0 Å². The molecule has 0 aromatic carbocycles. The van der Waals surface area contributed by atoms with Crippen molar-refractivity contribution in [3.8, 4) is 0 Å². The van der Waals surface area contributed by atoms with Crippen LogP contribution in [0.3, 0.4) is 0 Å². The Morgan fingerprint density at radius 3 is 2.43 bits per heavy atom. The maximum Gasteiger partial charge on any atom is 0.00206 e. The van der Waals surface area contributed by atoms with Gasteiger partial charge in [-0.25, -0.2) is 0 Å². The van der Waals surface area contributed by atoms with Gasteiger partial charge in [0.05, 0.1) is 0 Å². The third kappa shape index (κ3) is 7.95. The molecule has 0 bridgehead atoms. The van der Waals surface area contributed by atoms with E-state index < -0.39 is 0 Å². The van der Waals surface area contributed by atoms with Crippen LogP contribution in [0, 0.1) is 23.2 Å². The summed E-state index contributed by atoms with van der Waals surface area (Å²) in [6.45, 7) is 21.9. The maximum atomic E-state index is 5.83. The van der Waals surface area contributed by atoms with Gasteiger partial charge < -0.3 is 5.73 Å². The number of nitrogens with two attached hydrogens (primary N) is 1. The Bertz CT molecular complexity index is 594. The summed E-state index contributed by atoms with van der Waals surface area (Å²) in [5, 5.41) is 0. The highest BCUT2D eigenvalue weighted by Crippen LogP contribution is 2.48. The van der Waals surface area contributed by atoms with Crippen molar-refractivity contribution < 1.29 is 0 Å². The molecule has 1 aliphatic rings. The van der Waals surface area contributed by atoms with E-state index in [9.17, 15) is 0 Å². The molecular formula is C27H45N. The van der Waals surface area contributed by atoms with Crippen LogP contribution in [0.15, 0.2) is 60.3 Å². The van der Waals surface area contributed by atoms with Gasteiger partial charge in [-0.15, -0.1) is 6.58 Å². The number of hydrogen-bond donors (Lipinski definition) is 1. The Hall–Kier alpha value is -1.34. The molecular weight excluding hydrogens is 338 g/mol. The largest absolute Gasteiger partial charge is 0.328 e. The second-order valence-electron chi connectivity index (χ2n) is 9.96. The Kier molecular flexibility index (Phi) is 10.2. The summed E-state index contributed by atoms with van der Waals surface area (Å²) >= 11 is 0. The highest BCUT2D eigenvalue weighted by molar-refractivity contribution is 5.37. The van der Waals surface area contributed by atoms with E-state index in [2.05, 4.69) is 85.1 Å². The van der Waals surface area contributed by atoms with Crippen molar-refractivity contribution in [2.45, 2.75) is 86.1 Å². The van der Waals surface area contributed by atoms with Crippen molar-refractivity contribution in [1.29, 1.82) is 0 Å².